The summed E-state index contributed by atoms with van der Waals surface area (Å²) < 4.78 is 0. The van der Waals surface area contributed by atoms with Crippen molar-refractivity contribution >= 4 is 11.5 Å². The van der Waals surface area contributed by atoms with Gasteiger partial charge in [-0.25, -0.2) is 4.98 Å². The van der Waals surface area contributed by atoms with E-state index in [-0.39, 0.29) is 12.3 Å². The first kappa shape index (κ1) is 14.4. The number of aromatic nitrogens is 1. The highest BCUT2D eigenvalue weighted by Gasteiger charge is 2.14. The maximum absolute atomic E-state index is 10.8. The van der Waals surface area contributed by atoms with Crippen molar-refractivity contribution < 1.29 is 10.0 Å². The van der Waals surface area contributed by atoms with Crippen LogP contribution in [-0.4, -0.2) is 28.2 Å². The molecule has 0 amide bonds. The molecule has 100 valence electrons. The van der Waals surface area contributed by atoms with Gasteiger partial charge in [-0.15, -0.1) is 0 Å². The van der Waals surface area contributed by atoms with Gasteiger partial charge in [0.1, 0.15) is 0 Å². The number of pyridine rings is 1. The van der Waals surface area contributed by atoms with E-state index < -0.39 is 4.92 Å². The molecule has 0 aliphatic heterocycles. The standard InChI is InChI=1S/C12H19N3O3/c1-10-8-11(15(17)18)12(14-9-10)13-6-4-2-3-5-7-16/h8-9,16H,2-7H2,1H3,(H,13,14). The van der Waals surface area contributed by atoms with Crippen LogP contribution in [0.3, 0.4) is 0 Å². The van der Waals surface area contributed by atoms with Crippen molar-refractivity contribution in [1.29, 1.82) is 0 Å². The second-order valence-corrected chi connectivity index (χ2v) is 4.20. The van der Waals surface area contributed by atoms with Crippen LogP contribution in [0.1, 0.15) is 31.2 Å². The molecule has 1 heterocycles. The van der Waals surface area contributed by atoms with Gasteiger partial charge in [0, 0.05) is 25.4 Å². The van der Waals surface area contributed by atoms with E-state index in [1.54, 1.807) is 13.1 Å². The molecule has 0 aliphatic rings. The molecule has 2 N–H and O–H groups in total. The molecule has 0 radical (unpaired) electrons. The Morgan fingerprint density at radius 3 is 2.78 bits per heavy atom. The average Bonchev–Trinajstić information content (AvgIpc) is 2.35. The van der Waals surface area contributed by atoms with Crippen LogP contribution in [0.15, 0.2) is 12.3 Å². The van der Waals surface area contributed by atoms with E-state index in [4.69, 9.17) is 5.11 Å². The number of nitrogens with zero attached hydrogens (tertiary/aromatic N) is 2. The zero-order valence-corrected chi connectivity index (χ0v) is 10.6. The van der Waals surface area contributed by atoms with Crippen molar-refractivity contribution in [3.8, 4) is 0 Å². The molecule has 0 unspecified atom stereocenters. The molecular weight excluding hydrogens is 234 g/mol. The third kappa shape index (κ3) is 4.67. The van der Waals surface area contributed by atoms with E-state index >= 15 is 0 Å². The predicted molar refractivity (Wildman–Crippen MR) is 69.7 cm³/mol. The van der Waals surface area contributed by atoms with E-state index in [9.17, 15) is 10.1 Å². The van der Waals surface area contributed by atoms with Crippen LogP contribution >= 0.6 is 0 Å². The number of aliphatic hydroxyl groups excluding tert-OH is 1. The van der Waals surface area contributed by atoms with Gasteiger partial charge in [-0.3, -0.25) is 10.1 Å². The number of rotatable bonds is 8. The minimum Gasteiger partial charge on any atom is -0.396 e. The molecule has 18 heavy (non-hydrogen) atoms. The van der Waals surface area contributed by atoms with E-state index in [1.165, 1.54) is 6.07 Å². The molecule has 1 aromatic heterocycles. The molecule has 6 nitrogen and oxygen atoms in total. The average molecular weight is 253 g/mol. The summed E-state index contributed by atoms with van der Waals surface area (Å²) >= 11 is 0. The summed E-state index contributed by atoms with van der Waals surface area (Å²) in [4.78, 5) is 14.5. The van der Waals surface area contributed by atoms with Crippen molar-refractivity contribution in [1.82, 2.24) is 4.98 Å². The van der Waals surface area contributed by atoms with Gasteiger partial charge in [-0.1, -0.05) is 12.8 Å². The van der Waals surface area contributed by atoms with E-state index in [0.29, 0.717) is 12.4 Å². The third-order valence-electron chi connectivity index (χ3n) is 2.58. The van der Waals surface area contributed by atoms with Crippen molar-refractivity contribution in [2.45, 2.75) is 32.6 Å². The molecule has 1 aromatic rings. The van der Waals surface area contributed by atoms with Crippen LogP contribution in [0.25, 0.3) is 0 Å². The van der Waals surface area contributed by atoms with Gasteiger partial charge in [0.15, 0.2) is 0 Å². The quantitative estimate of drug-likeness (QED) is 0.421. The molecule has 0 fully saturated rings. The topological polar surface area (TPSA) is 88.3 Å². The Morgan fingerprint density at radius 2 is 2.11 bits per heavy atom. The minimum absolute atomic E-state index is 0.0189. The molecule has 0 aromatic carbocycles. The summed E-state index contributed by atoms with van der Waals surface area (Å²) in [6, 6.07) is 1.51. The number of aliphatic hydroxyl groups is 1. The number of hydrogen-bond donors (Lipinski definition) is 2. The molecule has 0 spiro atoms. The Kier molecular flexibility index (Phi) is 6.07. The predicted octanol–water partition coefficient (Wildman–Crippen LogP) is 2.26. The minimum atomic E-state index is -0.423. The van der Waals surface area contributed by atoms with Crippen LogP contribution in [0.2, 0.25) is 0 Å². The lowest BCUT2D eigenvalue weighted by Crippen LogP contribution is -2.06. The smallest absolute Gasteiger partial charge is 0.311 e. The van der Waals surface area contributed by atoms with Crippen molar-refractivity contribution in [3.63, 3.8) is 0 Å². The van der Waals surface area contributed by atoms with Crippen molar-refractivity contribution in [2.75, 3.05) is 18.5 Å². The Hall–Kier alpha value is -1.69. The van der Waals surface area contributed by atoms with E-state index in [2.05, 4.69) is 10.3 Å². The number of nitrogens with one attached hydrogen (secondary N) is 1. The summed E-state index contributed by atoms with van der Waals surface area (Å²) in [7, 11) is 0. The lowest BCUT2D eigenvalue weighted by atomic mass is 10.2. The molecule has 0 aliphatic carbocycles. The number of nitro groups is 1. The van der Waals surface area contributed by atoms with Crippen LogP contribution < -0.4 is 5.32 Å². The van der Waals surface area contributed by atoms with E-state index in [0.717, 1.165) is 31.2 Å². The Balaban J connectivity index is 2.44. The SMILES string of the molecule is Cc1cnc(NCCCCCCO)c([N+](=O)[O-])c1. The molecule has 6 heteroatoms. The second kappa shape index (κ2) is 7.60. The first-order chi connectivity index (χ1) is 8.65. The summed E-state index contributed by atoms with van der Waals surface area (Å²) in [5.41, 5.74) is 0.792. The van der Waals surface area contributed by atoms with Gasteiger partial charge < -0.3 is 10.4 Å². The van der Waals surface area contributed by atoms with Crippen molar-refractivity contribution in [3.05, 3.63) is 27.9 Å². The highest BCUT2D eigenvalue weighted by molar-refractivity contribution is 5.56. The van der Waals surface area contributed by atoms with Gasteiger partial charge in [0.2, 0.25) is 5.82 Å². The third-order valence-corrected chi connectivity index (χ3v) is 2.58. The van der Waals surface area contributed by atoms with Gasteiger partial charge in [0.05, 0.1) is 4.92 Å². The highest BCUT2D eigenvalue weighted by Crippen LogP contribution is 2.22. The fourth-order valence-electron chi connectivity index (χ4n) is 1.63. The summed E-state index contributed by atoms with van der Waals surface area (Å²) in [5, 5.41) is 22.5. The summed E-state index contributed by atoms with van der Waals surface area (Å²) in [6.07, 6.45) is 5.30. The first-order valence-corrected chi connectivity index (χ1v) is 6.11. The molecule has 0 saturated carbocycles. The Morgan fingerprint density at radius 1 is 1.39 bits per heavy atom. The van der Waals surface area contributed by atoms with Crippen LogP contribution in [0, 0.1) is 17.0 Å². The molecule has 0 atom stereocenters. The molecule has 0 bridgehead atoms. The Bertz CT molecular complexity index is 396. The first-order valence-electron chi connectivity index (χ1n) is 6.11. The summed E-state index contributed by atoms with van der Waals surface area (Å²) in [6.45, 7) is 2.65. The van der Waals surface area contributed by atoms with Gasteiger partial charge >= 0.3 is 5.69 Å². The van der Waals surface area contributed by atoms with Gasteiger partial charge in [-0.2, -0.15) is 0 Å². The lowest BCUT2D eigenvalue weighted by Gasteiger charge is -2.06. The molecule has 1 rings (SSSR count). The maximum Gasteiger partial charge on any atom is 0.311 e. The van der Waals surface area contributed by atoms with Crippen LogP contribution in [0.5, 0.6) is 0 Å². The van der Waals surface area contributed by atoms with Gasteiger partial charge in [0.25, 0.3) is 0 Å². The van der Waals surface area contributed by atoms with Crippen molar-refractivity contribution in [2.24, 2.45) is 0 Å². The maximum atomic E-state index is 10.8. The van der Waals surface area contributed by atoms with Crippen LogP contribution in [0.4, 0.5) is 11.5 Å². The number of anilines is 1. The second-order valence-electron chi connectivity index (χ2n) is 4.20. The molecule has 0 saturated heterocycles. The monoisotopic (exact) mass is 253 g/mol. The normalized spacial score (nSPS) is 10.3. The number of hydrogen-bond acceptors (Lipinski definition) is 5. The zero-order valence-electron chi connectivity index (χ0n) is 10.6. The van der Waals surface area contributed by atoms with Crippen LogP contribution in [-0.2, 0) is 0 Å². The van der Waals surface area contributed by atoms with E-state index in [1.807, 2.05) is 0 Å². The van der Waals surface area contributed by atoms with Gasteiger partial charge in [-0.05, 0) is 25.3 Å². The Labute approximate surface area is 106 Å². The number of aryl methyl sites for hydroxylation is 1. The lowest BCUT2D eigenvalue weighted by molar-refractivity contribution is -0.384. The molecular formula is C12H19N3O3. The largest absolute Gasteiger partial charge is 0.396 e. The highest BCUT2D eigenvalue weighted by atomic mass is 16.6. The summed E-state index contributed by atoms with van der Waals surface area (Å²) in [5.74, 6) is 0.327. The number of unbranched alkanes of at least 4 members (excludes halogenated alkanes) is 3. The zero-order chi connectivity index (χ0) is 13.4. The fourth-order valence-corrected chi connectivity index (χ4v) is 1.63. The fraction of sp³-hybridized carbons (Fsp3) is 0.583.